The molecule has 3 aromatic rings. The summed E-state index contributed by atoms with van der Waals surface area (Å²) in [6.45, 7) is 8.41. The van der Waals surface area contributed by atoms with Crippen molar-refractivity contribution in [3.63, 3.8) is 0 Å². The molecule has 0 aliphatic rings. The topological polar surface area (TPSA) is 59.8 Å². The third-order valence-corrected chi connectivity index (χ3v) is 3.78. The Labute approximate surface area is 123 Å². The summed E-state index contributed by atoms with van der Waals surface area (Å²) >= 11 is 0. The van der Waals surface area contributed by atoms with Gasteiger partial charge in [0.1, 0.15) is 5.69 Å². The number of rotatable bonds is 2. The first kappa shape index (κ1) is 13.6. The van der Waals surface area contributed by atoms with Crippen molar-refractivity contribution in [2.45, 2.75) is 33.6 Å². The average molecular weight is 286 g/mol. The maximum atomic E-state index is 10.1. The van der Waals surface area contributed by atoms with Gasteiger partial charge in [-0.3, -0.25) is 0 Å². The van der Waals surface area contributed by atoms with Crippen LogP contribution in [0.5, 0.6) is 0 Å². The molecular formula is C15H20N5O+. The SMILES string of the molecule is Cc1nn(-c2cc3cn(C)nc3[n+](O)c2)c(C)c1C(C)C. The molecule has 0 aliphatic carbocycles. The Balaban J connectivity index is 2.23. The molecule has 0 atom stereocenters. The average Bonchev–Trinajstić information content (AvgIpc) is 2.89. The molecule has 0 amide bonds. The van der Waals surface area contributed by atoms with E-state index in [4.69, 9.17) is 0 Å². The number of pyridine rings is 1. The van der Waals surface area contributed by atoms with Crippen LogP contribution in [0.2, 0.25) is 0 Å². The van der Waals surface area contributed by atoms with Crippen molar-refractivity contribution in [1.29, 1.82) is 0 Å². The number of nitrogens with zero attached hydrogens (tertiary/aromatic N) is 5. The Morgan fingerprint density at radius 1 is 1.24 bits per heavy atom. The molecular weight excluding hydrogens is 266 g/mol. The Kier molecular flexibility index (Phi) is 2.97. The lowest BCUT2D eigenvalue weighted by atomic mass is 10.0. The minimum Gasteiger partial charge on any atom is -0.349 e. The van der Waals surface area contributed by atoms with Crippen molar-refractivity contribution in [3.05, 3.63) is 35.4 Å². The molecule has 3 rings (SSSR count). The highest BCUT2D eigenvalue weighted by Crippen LogP contribution is 2.25. The summed E-state index contributed by atoms with van der Waals surface area (Å²) in [5, 5.41) is 19.8. The lowest BCUT2D eigenvalue weighted by Crippen LogP contribution is -2.31. The van der Waals surface area contributed by atoms with E-state index in [2.05, 4.69) is 31.0 Å². The molecule has 0 fully saturated rings. The molecule has 21 heavy (non-hydrogen) atoms. The van der Waals surface area contributed by atoms with E-state index in [0.717, 1.165) is 27.2 Å². The first-order valence-electron chi connectivity index (χ1n) is 7.03. The predicted octanol–water partition coefficient (Wildman–Crippen LogP) is 2.02. The summed E-state index contributed by atoms with van der Waals surface area (Å²) in [4.78, 5) is 0. The largest absolute Gasteiger partial charge is 0.395 e. The van der Waals surface area contributed by atoms with Gasteiger partial charge in [-0.2, -0.15) is 9.78 Å². The zero-order chi connectivity index (χ0) is 15.3. The summed E-state index contributed by atoms with van der Waals surface area (Å²) in [6.07, 6.45) is 3.51. The van der Waals surface area contributed by atoms with Crippen LogP contribution >= 0.6 is 0 Å². The lowest BCUT2D eigenvalue weighted by Gasteiger charge is -2.07. The van der Waals surface area contributed by atoms with Gasteiger partial charge in [-0.1, -0.05) is 13.8 Å². The van der Waals surface area contributed by atoms with E-state index >= 15 is 0 Å². The Morgan fingerprint density at radius 3 is 2.57 bits per heavy atom. The van der Waals surface area contributed by atoms with Gasteiger partial charge in [0.25, 0.3) is 0 Å². The van der Waals surface area contributed by atoms with Gasteiger partial charge in [-0.05, 0) is 36.1 Å². The van der Waals surface area contributed by atoms with Gasteiger partial charge in [-0.15, -0.1) is 0 Å². The standard InChI is InChI=1S/C15H20N5O/c1-9(2)14-10(3)16-20(11(14)4)13-6-12-7-18(5)17-15(12)19(21)8-13/h6-9,21H,1-5H3/q+1. The predicted molar refractivity (Wildman–Crippen MR) is 78.8 cm³/mol. The van der Waals surface area contributed by atoms with Crippen molar-refractivity contribution >= 4 is 11.0 Å². The van der Waals surface area contributed by atoms with Crippen molar-refractivity contribution in [2.24, 2.45) is 7.05 Å². The van der Waals surface area contributed by atoms with Crippen molar-refractivity contribution in [3.8, 4) is 5.69 Å². The second-order valence-corrected chi connectivity index (χ2v) is 5.78. The quantitative estimate of drug-likeness (QED) is 0.579. The summed E-state index contributed by atoms with van der Waals surface area (Å²) in [6, 6.07) is 1.98. The molecule has 0 spiro atoms. The summed E-state index contributed by atoms with van der Waals surface area (Å²) in [5.41, 5.74) is 4.74. The molecule has 3 aromatic heterocycles. The maximum absolute atomic E-state index is 10.1. The normalized spacial score (nSPS) is 11.7. The third-order valence-electron chi connectivity index (χ3n) is 3.78. The first-order valence-corrected chi connectivity index (χ1v) is 7.03. The van der Waals surface area contributed by atoms with Crippen LogP contribution in [0.25, 0.3) is 16.7 Å². The Morgan fingerprint density at radius 2 is 1.95 bits per heavy atom. The van der Waals surface area contributed by atoms with Crippen LogP contribution < -0.4 is 4.73 Å². The van der Waals surface area contributed by atoms with Crippen LogP contribution in [0.3, 0.4) is 0 Å². The number of aryl methyl sites for hydroxylation is 2. The molecule has 6 nitrogen and oxygen atoms in total. The van der Waals surface area contributed by atoms with Crippen molar-refractivity contribution < 1.29 is 9.94 Å². The second kappa shape index (κ2) is 4.58. The minimum atomic E-state index is 0.419. The molecule has 0 unspecified atom stereocenters. The molecule has 6 heteroatoms. The molecule has 0 aromatic carbocycles. The van der Waals surface area contributed by atoms with E-state index in [-0.39, 0.29) is 0 Å². The molecule has 0 saturated heterocycles. The second-order valence-electron chi connectivity index (χ2n) is 5.78. The molecule has 0 saturated carbocycles. The zero-order valence-corrected chi connectivity index (χ0v) is 13.0. The number of aromatic nitrogens is 5. The lowest BCUT2D eigenvalue weighted by molar-refractivity contribution is -0.885. The molecule has 110 valence electrons. The summed E-state index contributed by atoms with van der Waals surface area (Å²) < 4.78 is 4.61. The number of hydrogen-bond acceptors (Lipinski definition) is 3. The van der Waals surface area contributed by atoms with Gasteiger partial charge in [0.2, 0.25) is 0 Å². The smallest absolute Gasteiger partial charge is 0.349 e. The molecule has 3 heterocycles. The van der Waals surface area contributed by atoms with Gasteiger partial charge < -0.3 is 5.21 Å². The fourth-order valence-corrected chi connectivity index (χ4v) is 3.02. The monoisotopic (exact) mass is 286 g/mol. The Bertz CT molecular complexity index is 828. The highest BCUT2D eigenvalue weighted by atomic mass is 16.5. The van der Waals surface area contributed by atoms with Gasteiger partial charge in [0.05, 0.1) is 29.4 Å². The highest BCUT2D eigenvalue weighted by molar-refractivity contribution is 5.73. The highest BCUT2D eigenvalue weighted by Gasteiger charge is 2.20. The number of fused-ring (bicyclic) bond motifs is 1. The van der Waals surface area contributed by atoms with Gasteiger partial charge in [0, 0.05) is 5.69 Å². The Hall–Kier alpha value is -2.37. The molecule has 0 bridgehead atoms. The zero-order valence-electron chi connectivity index (χ0n) is 13.0. The van der Waals surface area contributed by atoms with E-state index in [1.807, 2.05) is 30.9 Å². The van der Waals surface area contributed by atoms with E-state index in [9.17, 15) is 5.21 Å². The first-order chi connectivity index (χ1) is 9.88. The summed E-state index contributed by atoms with van der Waals surface area (Å²) in [5.74, 6) is 0.419. The minimum absolute atomic E-state index is 0.419. The van der Waals surface area contributed by atoms with Crippen LogP contribution in [-0.2, 0) is 7.05 Å². The van der Waals surface area contributed by atoms with Crippen LogP contribution in [0.4, 0.5) is 0 Å². The van der Waals surface area contributed by atoms with E-state index in [1.165, 1.54) is 5.56 Å². The third kappa shape index (κ3) is 2.07. The number of hydrogen-bond donors (Lipinski definition) is 1. The van der Waals surface area contributed by atoms with Crippen LogP contribution in [-0.4, -0.2) is 24.8 Å². The maximum Gasteiger partial charge on any atom is 0.395 e. The van der Waals surface area contributed by atoms with Crippen molar-refractivity contribution in [1.82, 2.24) is 19.6 Å². The van der Waals surface area contributed by atoms with E-state index < -0.39 is 0 Å². The van der Waals surface area contributed by atoms with Crippen LogP contribution in [0, 0.1) is 13.8 Å². The van der Waals surface area contributed by atoms with Crippen LogP contribution in [0.1, 0.15) is 36.7 Å². The van der Waals surface area contributed by atoms with E-state index in [1.54, 1.807) is 10.9 Å². The van der Waals surface area contributed by atoms with Gasteiger partial charge in [-0.25, -0.2) is 4.68 Å². The van der Waals surface area contributed by atoms with Crippen molar-refractivity contribution in [2.75, 3.05) is 0 Å². The van der Waals surface area contributed by atoms with Gasteiger partial charge in [0.15, 0.2) is 6.20 Å². The molecule has 0 radical (unpaired) electrons. The van der Waals surface area contributed by atoms with Gasteiger partial charge >= 0.3 is 5.65 Å². The molecule has 0 aliphatic heterocycles. The molecule has 1 N–H and O–H groups in total. The fourth-order valence-electron chi connectivity index (χ4n) is 3.02. The summed E-state index contributed by atoms with van der Waals surface area (Å²) in [7, 11) is 1.83. The van der Waals surface area contributed by atoms with E-state index in [0.29, 0.717) is 11.6 Å². The van der Waals surface area contributed by atoms with Crippen LogP contribution in [0.15, 0.2) is 18.5 Å². The fraction of sp³-hybridized carbons (Fsp3) is 0.400.